The first-order valence-electron chi connectivity index (χ1n) is 3.06. The predicted molar refractivity (Wildman–Crippen MR) is 38.9 cm³/mol. The molecule has 46 valence electrons. The van der Waals surface area contributed by atoms with Crippen molar-refractivity contribution < 1.29 is 4.58 Å². The van der Waals surface area contributed by atoms with E-state index in [0.29, 0.717) is 0 Å². The van der Waals surface area contributed by atoms with Crippen molar-refractivity contribution in [3.05, 3.63) is 0 Å². The third-order valence-electron chi connectivity index (χ3n) is 1.58. The van der Waals surface area contributed by atoms with Crippen molar-refractivity contribution >= 4 is 17.7 Å². The lowest BCUT2D eigenvalue weighted by Crippen LogP contribution is -2.18. The van der Waals surface area contributed by atoms with E-state index in [9.17, 15) is 0 Å². The highest BCUT2D eigenvalue weighted by atomic mass is 32.1. The van der Waals surface area contributed by atoms with Crippen LogP contribution in [0.5, 0.6) is 0 Å². The summed E-state index contributed by atoms with van der Waals surface area (Å²) in [6.07, 6.45) is 3.84. The van der Waals surface area contributed by atoms with Gasteiger partial charge in [-0.25, -0.2) is 4.58 Å². The van der Waals surface area contributed by atoms with E-state index in [-0.39, 0.29) is 0 Å². The van der Waals surface area contributed by atoms with Crippen LogP contribution in [0.1, 0.15) is 19.3 Å². The minimum Gasteiger partial charge on any atom is -0.231 e. The van der Waals surface area contributed by atoms with Gasteiger partial charge >= 0.3 is 0 Å². The minimum absolute atomic E-state index is 1.18. The Morgan fingerprint density at radius 1 is 1.50 bits per heavy atom. The number of hydrogen-bond donors (Lipinski definition) is 1. The van der Waals surface area contributed by atoms with Gasteiger partial charge in [0.1, 0.15) is 13.6 Å². The van der Waals surface area contributed by atoms with Crippen LogP contribution in [-0.4, -0.2) is 23.2 Å². The SMILES string of the molecule is C[N+]1=C(S)CCCC1. The summed E-state index contributed by atoms with van der Waals surface area (Å²) in [6.45, 7) is 1.19. The zero-order chi connectivity index (χ0) is 5.98. The van der Waals surface area contributed by atoms with E-state index in [4.69, 9.17) is 0 Å². The van der Waals surface area contributed by atoms with Crippen LogP contribution in [0.15, 0.2) is 0 Å². The maximum absolute atomic E-state index is 4.30. The molecular formula is C6H12NS+. The fourth-order valence-electron chi connectivity index (χ4n) is 0.952. The molecule has 1 aliphatic rings. The molecule has 0 N–H and O–H groups in total. The molecule has 0 atom stereocenters. The molecule has 8 heavy (non-hydrogen) atoms. The Bertz CT molecular complexity index is 104. The van der Waals surface area contributed by atoms with Gasteiger partial charge < -0.3 is 0 Å². The molecule has 0 aliphatic carbocycles. The summed E-state index contributed by atoms with van der Waals surface area (Å²) < 4.78 is 2.21. The molecule has 0 spiro atoms. The van der Waals surface area contributed by atoms with Crippen LogP contribution in [0.3, 0.4) is 0 Å². The molecule has 0 bridgehead atoms. The Kier molecular flexibility index (Phi) is 1.95. The third-order valence-corrected chi connectivity index (χ3v) is 2.15. The fraction of sp³-hybridized carbons (Fsp3) is 0.833. The van der Waals surface area contributed by atoms with Gasteiger partial charge in [-0.3, -0.25) is 0 Å². The highest BCUT2D eigenvalue weighted by Crippen LogP contribution is 2.06. The average molecular weight is 130 g/mol. The highest BCUT2D eigenvalue weighted by Gasteiger charge is 2.10. The van der Waals surface area contributed by atoms with E-state index in [1.165, 1.54) is 30.9 Å². The minimum atomic E-state index is 1.18. The van der Waals surface area contributed by atoms with Crippen molar-refractivity contribution in [2.45, 2.75) is 19.3 Å². The van der Waals surface area contributed by atoms with Crippen LogP contribution in [-0.2, 0) is 0 Å². The van der Waals surface area contributed by atoms with Gasteiger partial charge in [0.15, 0.2) is 0 Å². The number of nitrogens with zero attached hydrogens (tertiary/aromatic N) is 1. The van der Waals surface area contributed by atoms with Crippen molar-refractivity contribution in [2.75, 3.05) is 13.6 Å². The Morgan fingerprint density at radius 3 is 2.62 bits per heavy atom. The molecule has 0 aromatic heterocycles. The molecule has 0 fully saturated rings. The molecule has 0 unspecified atom stereocenters. The zero-order valence-corrected chi connectivity index (χ0v) is 6.12. The Labute approximate surface area is 55.8 Å². The lowest BCUT2D eigenvalue weighted by Gasteiger charge is -2.06. The number of rotatable bonds is 0. The summed E-state index contributed by atoms with van der Waals surface area (Å²) in [6, 6.07) is 0. The van der Waals surface area contributed by atoms with Gasteiger partial charge in [0.2, 0.25) is 5.04 Å². The maximum Gasteiger partial charge on any atom is 0.207 e. The Hall–Kier alpha value is 0.0200. The summed E-state index contributed by atoms with van der Waals surface area (Å²) in [4.78, 5) is 0. The molecule has 0 aromatic carbocycles. The van der Waals surface area contributed by atoms with E-state index in [1.807, 2.05) is 0 Å². The Morgan fingerprint density at radius 2 is 2.25 bits per heavy atom. The second-order valence-electron chi connectivity index (χ2n) is 2.29. The van der Waals surface area contributed by atoms with Gasteiger partial charge in [0.05, 0.1) is 0 Å². The molecule has 1 rings (SSSR count). The predicted octanol–water partition coefficient (Wildman–Crippen LogP) is 1.14. The maximum atomic E-state index is 4.30. The summed E-state index contributed by atoms with van der Waals surface area (Å²) in [5.41, 5.74) is 0. The molecule has 0 saturated carbocycles. The summed E-state index contributed by atoms with van der Waals surface area (Å²) >= 11 is 4.30. The van der Waals surface area contributed by atoms with Crippen molar-refractivity contribution in [1.82, 2.24) is 0 Å². The second-order valence-corrected chi connectivity index (χ2v) is 2.81. The molecule has 1 nitrogen and oxygen atoms in total. The topological polar surface area (TPSA) is 3.01 Å². The molecule has 1 heterocycles. The van der Waals surface area contributed by atoms with Crippen LogP contribution in [0.25, 0.3) is 0 Å². The van der Waals surface area contributed by atoms with Crippen molar-refractivity contribution in [2.24, 2.45) is 0 Å². The molecule has 2 heteroatoms. The van der Waals surface area contributed by atoms with Crippen LogP contribution in [0.2, 0.25) is 0 Å². The first-order chi connectivity index (χ1) is 3.80. The standard InChI is InChI=1S/C6H11NS/c1-7-5-3-2-4-6(7)8/h2-5H2,1H3/p+1. The monoisotopic (exact) mass is 130 g/mol. The van der Waals surface area contributed by atoms with Crippen LogP contribution in [0, 0.1) is 0 Å². The molecule has 0 aromatic rings. The van der Waals surface area contributed by atoms with Gasteiger partial charge in [0.25, 0.3) is 0 Å². The molecule has 0 radical (unpaired) electrons. The van der Waals surface area contributed by atoms with Crippen LogP contribution < -0.4 is 0 Å². The van der Waals surface area contributed by atoms with Crippen molar-refractivity contribution in [3.63, 3.8) is 0 Å². The van der Waals surface area contributed by atoms with Crippen molar-refractivity contribution in [3.8, 4) is 0 Å². The molecule has 0 saturated heterocycles. The van der Waals surface area contributed by atoms with E-state index in [2.05, 4.69) is 24.3 Å². The quantitative estimate of drug-likeness (QED) is 0.370. The second kappa shape index (κ2) is 2.53. The van der Waals surface area contributed by atoms with Crippen LogP contribution >= 0.6 is 12.6 Å². The average Bonchev–Trinajstić information content (AvgIpc) is 1.77. The summed E-state index contributed by atoms with van der Waals surface area (Å²) in [5.74, 6) is 0. The molecule has 1 aliphatic heterocycles. The van der Waals surface area contributed by atoms with Gasteiger partial charge in [0, 0.05) is 12.8 Å². The van der Waals surface area contributed by atoms with Gasteiger partial charge in [-0.1, -0.05) is 12.6 Å². The third kappa shape index (κ3) is 1.25. The lowest BCUT2D eigenvalue weighted by molar-refractivity contribution is -0.499. The van der Waals surface area contributed by atoms with E-state index in [0.717, 1.165) is 0 Å². The zero-order valence-electron chi connectivity index (χ0n) is 5.22. The Balaban J connectivity index is 2.60. The smallest absolute Gasteiger partial charge is 0.207 e. The lowest BCUT2D eigenvalue weighted by atomic mass is 10.2. The number of thiol groups is 1. The van der Waals surface area contributed by atoms with Gasteiger partial charge in [-0.15, -0.1) is 0 Å². The van der Waals surface area contributed by atoms with Gasteiger partial charge in [-0.05, 0) is 6.42 Å². The summed E-state index contributed by atoms with van der Waals surface area (Å²) in [7, 11) is 2.10. The highest BCUT2D eigenvalue weighted by molar-refractivity contribution is 7.96. The van der Waals surface area contributed by atoms with Crippen LogP contribution in [0.4, 0.5) is 0 Å². The number of hydrogen-bond acceptors (Lipinski definition) is 0. The molecule has 0 amide bonds. The normalized spacial score (nSPS) is 21.8. The first-order valence-corrected chi connectivity index (χ1v) is 3.51. The largest absolute Gasteiger partial charge is 0.231 e. The van der Waals surface area contributed by atoms with E-state index in [1.54, 1.807) is 0 Å². The fourth-order valence-corrected chi connectivity index (χ4v) is 1.21. The van der Waals surface area contributed by atoms with Crippen molar-refractivity contribution in [1.29, 1.82) is 0 Å². The first kappa shape index (κ1) is 6.14. The van der Waals surface area contributed by atoms with E-state index < -0.39 is 0 Å². The van der Waals surface area contributed by atoms with Gasteiger partial charge in [-0.2, -0.15) is 0 Å². The summed E-state index contributed by atoms with van der Waals surface area (Å²) in [5, 5.41) is 1.25. The van der Waals surface area contributed by atoms with E-state index >= 15 is 0 Å². The molecular weight excluding hydrogens is 118 g/mol.